The number of hydrogen-bond acceptors (Lipinski definition) is 3. The van der Waals surface area contributed by atoms with Gasteiger partial charge < -0.3 is 10.0 Å². The van der Waals surface area contributed by atoms with Gasteiger partial charge in [-0.25, -0.2) is 0 Å². The van der Waals surface area contributed by atoms with Crippen LogP contribution in [-0.4, -0.2) is 44.7 Å². The molecule has 1 fully saturated rings. The minimum Gasteiger partial charge on any atom is -0.481 e. The lowest BCUT2D eigenvalue weighted by Gasteiger charge is -2.37. The van der Waals surface area contributed by atoms with Crippen molar-refractivity contribution in [3.63, 3.8) is 0 Å². The minimum atomic E-state index is -0.832. The molecule has 0 unspecified atom stereocenters. The maximum atomic E-state index is 12.9. The third-order valence-corrected chi connectivity index (χ3v) is 4.49. The molecule has 1 aliphatic rings. The molecule has 1 saturated heterocycles. The number of aryl methyl sites for hydroxylation is 1. The highest BCUT2D eigenvalue weighted by Gasteiger charge is 2.36. The first-order valence-corrected chi connectivity index (χ1v) is 7.46. The normalized spacial score (nSPS) is 22.0. The van der Waals surface area contributed by atoms with Gasteiger partial charge in [0.1, 0.15) is 0 Å². The average molecular weight is 301 g/mol. The number of nitrogens with zero attached hydrogens (tertiary/aromatic N) is 2. The fraction of sp³-hybridized carbons (Fsp3) is 0.438. The van der Waals surface area contributed by atoms with Crippen LogP contribution in [0.15, 0.2) is 18.3 Å². The predicted molar refractivity (Wildman–Crippen MR) is 81.7 cm³/mol. The molecule has 2 atom stereocenters. The number of carboxylic acids is 1. The standard InChI is InChI=1S/C16H19N3O3/c1-9-6-11-8-17-18-14(11)13(7-9)15(20)19-5-3-4-12(10(19)2)16(21)22/h6-8,10,12H,3-5H2,1-2H3,(H,17,18)(H,21,22)/t10-,12-/m1/s1. The summed E-state index contributed by atoms with van der Waals surface area (Å²) in [5.74, 6) is -1.46. The molecular weight excluding hydrogens is 282 g/mol. The van der Waals surface area contributed by atoms with Gasteiger partial charge in [0.15, 0.2) is 0 Å². The Morgan fingerprint density at radius 3 is 2.91 bits per heavy atom. The number of piperidine rings is 1. The van der Waals surface area contributed by atoms with E-state index in [1.807, 2.05) is 26.0 Å². The van der Waals surface area contributed by atoms with Gasteiger partial charge in [-0.2, -0.15) is 5.10 Å². The second-order valence-corrected chi connectivity index (χ2v) is 5.97. The van der Waals surface area contributed by atoms with E-state index in [1.165, 1.54) is 0 Å². The Kier molecular flexibility index (Phi) is 3.60. The molecule has 0 saturated carbocycles. The summed E-state index contributed by atoms with van der Waals surface area (Å²) in [5, 5.41) is 17.1. The van der Waals surface area contributed by atoms with Gasteiger partial charge in [-0.15, -0.1) is 0 Å². The number of aromatic nitrogens is 2. The minimum absolute atomic E-state index is 0.128. The highest BCUT2D eigenvalue weighted by molar-refractivity contribution is 6.06. The van der Waals surface area contributed by atoms with Crippen molar-refractivity contribution in [2.24, 2.45) is 5.92 Å². The van der Waals surface area contributed by atoms with Crippen LogP contribution < -0.4 is 0 Å². The molecule has 0 radical (unpaired) electrons. The SMILES string of the molecule is Cc1cc(C(=O)N2CCC[C@@H](C(=O)O)[C@H]2C)c2[nH]ncc2c1. The Bertz CT molecular complexity index is 737. The van der Waals surface area contributed by atoms with Crippen LogP contribution in [0.1, 0.15) is 35.7 Å². The fourth-order valence-corrected chi connectivity index (χ4v) is 3.29. The second kappa shape index (κ2) is 5.44. The number of carboxylic acid groups (broad SMARTS) is 1. The second-order valence-electron chi connectivity index (χ2n) is 5.97. The molecule has 1 aliphatic heterocycles. The van der Waals surface area contributed by atoms with Gasteiger partial charge in [-0.1, -0.05) is 0 Å². The van der Waals surface area contributed by atoms with E-state index >= 15 is 0 Å². The molecule has 0 bridgehead atoms. The summed E-state index contributed by atoms with van der Waals surface area (Å²) < 4.78 is 0. The number of fused-ring (bicyclic) bond motifs is 1. The first-order valence-electron chi connectivity index (χ1n) is 7.46. The third kappa shape index (κ3) is 2.34. The maximum absolute atomic E-state index is 12.9. The van der Waals surface area contributed by atoms with Gasteiger partial charge in [0.2, 0.25) is 0 Å². The van der Waals surface area contributed by atoms with Crippen molar-refractivity contribution in [3.05, 3.63) is 29.5 Å². The number of hydrogen-bond donors (Lipinski definition) is 2. The van der Waals surface area contributed by atoms with Gasteiger partial charge in [-0.05, 0) is 44.4 Å². The summed E-state index contributed by atoms with van der Waals surface area (Å²) in [7, 11) is 0. The highest BCUT2D eigenvalue weighted by atomic mass is 16.4. The van der Waals surface area contributed by atoms with Crippen LogP contribution in [0.4, 0.5) is 0 Å². The topological polar surface area (TPSA) is 86.3 Å². The lowest BCUT2D eigenvalue weighted by atomic mass is 9.89. The van der Waals surface area contributed by atoms with E-state index in [9.17, 15) is 14.7 Å². The van der Waals surface area contributed by atoms with Crippen LogP contribution >= 0.6 is 0 Å². The van der Waals surface area contributed by atoms with Gasteiger partial charge >= 0.3 is 5.97 Å². The van der Waals surface area contributed by atoms with Crippen LogP contribution in [0, 0.1) is 12.8 Å². The molecule has 0 aliphatic carbocycles. The zero-order valence-corrected chi connectivity index (χ0v) is 12.7. The van der Waals surface area contributed by atoms with E-state index in [4.69, 9.17) is 0 Å². The largest absolute Gasteiger partial charge is 0.481 e. The molecule has 2 N–H and O–H groups in total. The number of carbonyl (C=O) groups is 2. The van der Waals surface area contributed by atoms with E-state index in [1.54, 1.807) is 11.1 Å². The van der Waals surface area contributed by atoms with Crippen molar-refractivity contribution in [3.8, 4) is 0 Å². The zero-order chi connectivity index (χ0) is 15.9. The lowest BCUT2D eigenvalue weighted by Crippen LogP contribution is -2.49. The molecule has 1 aromatic heterocycles. The molecule has 1 aromatic carbocycles. The van der Waals surface area contributed by atoms with Crippen LogP contribution in [0.5, 0.6) is 0 Å². The first kappa shape index (κ1) is 14.6. The number of amides is 1. The summed E-state index contributed by atoms with van der Waals surface area (Å²) in [5.41, 5.74) is 2.25. The summed E-state index contributed by atoms with van der Waals surface area (Å²) >= 11 is 0. The Morgan fingerprint density at radius 2 is 2.18 bits per heavy atom. The number of rotatable bonds is 2. The number of benzene rings is 1. The molecule has 0 spiro atoms. The number of H-pyrrole nitrogens is 1. The number of nitrogens with one attached hydrogen (secondary N) is 1. The molecule has 1 amide bonds. The molecular formula is C16H19N3O3. The van der Waals surface area contributed by atoms with Crippen molar-refractivity contribution >= 4 is 22.8 Å². The molecule has 2 aromatic rings. The van der Waals surface area contributed by atoms with E-state index in [-0.39, 0.29) is 11.9 Å². The Balaban J connectivity index is 1.98. The number of carbonyl (C=O) groups excluding carboxylic acids is 1. The Morgan fingerprint density at radius 1 is 1.41 bits per heavy atom. The fourth-order valence-electron chi connectivity index (χ4n) is 3.29. The molecule has 2 heterocycles. The molecule has 6 nitrogen and oxygen atoms in total. The monoisotopic (exact) mass is 301 g/mol. The summed E-state index contributed by atoms with van der Waals surface area (Å²) in [4.78, 5) is 25.9. The van der Waals surface area contributed by atoms with Gasteiger partial charge in [0.25, 0.3) is 5.91 Å². The summed E-state index contributed by atoms with van der Waals surface area (Å²) in [6.07, 6.45) is 3.03. The van der Waals surface area contributed by atoms with E-state index in [2.05, 4.69) is 10.2 Å². The number of likely N-dealkylation sites (tertiary alicyclic amines) is 1. The first-order chi connectivity index (χ1) is 10.5. The zero-order valence-electron chi connectivity index (χ0n) is 12.7. The molecule has 116 valence electrons. The van der Waals surface area contributed by atoms with E-state index < -0.39 is 11.9 Å². The summed E-state index contributed by atoms with van der Waals surface area (Å²) in [6, 6.07) is 3.49. The smallest absolute Gasteiger partial charge is 0.308 e. The maximum Gasteiger partial charge on any atom is 0.308 e. The van der Waals surface area contributed by atoms with E-state index in [0.29, 0.717) is 30.5 Å². The van der Waals surface area contributed by atoms with Gasteiger partial charge in [0.05, 0.1) is 23.2 Å². The molecule has 6 heteroatoms. The van der Waals surface area contributed by atoms with Crippen LogP contribution in [0.3, 0.4) is 0 Å². The summed E-state index contributed by atoms with van der Waals surface area (Å²) in [6.45, 7) is 4.34. The van der Waals surface area contributed by atoms with Crippen molar-refractivity contribution < 1.29 is 14.7 Å². The lowest BCUT2D eigenvalue weighted by molar-refractivity contribution is -0.144. The quantitative estimate of drug-likeness (QED) is 0.890. The van der Waals surface area contributed by atoms with Gasteiger partial charge in [0, 0.05) is 18.0 Å². The number of aliphatic carboxylic acids is 1. The van der Waals surface area contributed by atoms with Crippen molar-refractivity contribution in [1.29, 1.82) is 0 Å². The van der Waals surface area contributed by atoms with E-state index in [0.717, 1.165) is 10.9 Å². The van der Waals surface area contributed by atoms with Crippen LogP contribution in [0.25, 0.3) is 10.9 Å². The third-order valence-electron chi connectivity index (χ3n) is 4.49. The van der Waals surface area contributed by atoms with Crippen molar-refractivity contribution in [1.82, 2.24) is 15.1 Å². The Hall–Kier alpha value is -2.37. The van der Waals surface area contributed by atoms with Crippen LogP contribution in [0.2, 0.25) is 0 Å². The average Bonchev–Trinajstić information content (AvgIpc) is 2.93. The van der Waals surface area contributed by atoms with Crippen LogP contribution in [-0.2, 0) is 4.79 Å². The van der Waals surface area contributed by atoms with Gasteiger partial charge in [-0.3, -0.25) is 14.7 Å². The molecule has 22 heavy (non-hydrogen) atoms. The number of aromatic amines is 1. The van der Waals surface area contributed by atoms with Crippen molar-refractivity contribution in [2.45, 2.75) is 32.7 Å². The predicted octanol–water partition coefficient (Wildman–Crippen LogP) is 2.20. The molecule has 3 rings (SSSR count). The highest BCUT2D eigenvalue weighted by Crippen LogP contribution is 2.27. The van der Waals surface area contributed by atoms with Crippen molar-refractivity contribution in [2.75, 3.05) is 6.54 Å². The Labute approximate surface area is 128 Å².